The summed E-state index contributed by atoms with van der Waals surface area (Å²) >= 11 is 6.07. The van der Waals surface area contributed by atoms with Gasteiger partial charge in [-0.05, 0) is 29.8 Å². The zero-order chi connectivity index (χ0) is 12.5. The Morgan fingerprint density at radius 2 is 2.00 bits per heavy atom. The third-order valence-electron chi connectivity index (χ3n) is 2.98. The average Bonchev–Trinajstić information content (AvgIpc) is 2.82. The Morgan fingerprint density at radius 3 is 2.83 bits per heavy atom. The van der Waals surface area contributed by atoms with E-state index in [1.165, 1.54) is 0 Å². The first-order chi connectivity index (χ1) is 8.79. The van der Waals surface area contributed by atoms with E-state index in [0.717, 1.165) is 22.3 Å². The molecule has 0 unspecified atom stereocenters. The first kappa shape index (κ1) is 11.3. The van der Waals surface area contributed by atoms with Gasteiger partial charge in [-0.2, -0.15) is 0 Å². The van der Waals surface area contributed by atoms with Gasteiger partial charge >= 0.3 is 0 Å². The van der Waals surface area contributed by atoms with Crippen molar-refractivity contribution in [3.05, 3.63) is 59.4 Å². The molecule has 3 aromatic rings. The predicted molar refractivity (Wildman–Crippen MR) is 74.0 cm³/mol. The molecule has 2 N–H and O–H groups in total. The van der Waals surface area contributed by atoms with E-state index in [1.807, 2.05) is 47.0 Å². The summed E-state index contributed by atoms with van der Waals surface area (Å²) in [5.41, 5.74) is 9.81. The molecule has 0 saturated heterocycles. The molecule has 3 rings (SSSR count). The quantitative estimate of drug-likeness (QED) is 0.767. The molecule has 0 radical (unpaired) electrons. The lowest BCUT2D eigenvalue weighted by Crippen LogP contribution is -2.03. The highest BCUT2D eigenvalue weighted by molar-refractivity contribution is 6.30. The smallest absolute Gasteiger partial charge is 0.100 e. The van der Waals surface area contributed by atoms with Gasteiger partial charge in [-0.15, -0.1) is 0 Å². The largest absolute Gasteiger partial charge is 0.326 e. The molecule has 0 spiro atoms. The minimum absolute atomic E-state index is 0.471. The number of fused-ring (bicyclic) bond motifs is 1. The number of nitrogens with two attached hydrogens (primary N) is 1. The van der Waals surface area contributed by atoms with Gasteiger partial charge in [0.15, 0.2) is 0 Å². The number of benzene rings is 2. The standard InChI is InChI=1S/C14H12ClN3/c15-11-6-5-10(8-16)14(7-11)18-9-17-12-3-1-2-4-13(12)18/h1-7,9H,8,16H2. The van der Waals surface area contributed by atoms with Crippen molar-refractivity contribution in [1.29, 1.82) is 0 Å². The van der Waals surface area contributed by atoms with Crippen LogP contribution in [0.2, 0.25) is 5.02 Å². The van der Waals surface area contributed by atoms with E-state index in [2.05, 4.69) is 4.98 Å². The number of aromatic nitrogens is 2. The number of nitrogens with zero attached hydrogens (tertiary/aromatic N) is 2. The van der Waals surface area contributed by atoms with E-state index in [-0.39, 0.29) is 0 Å². The fourth-order valence-electron chi connectivity index (χ4n) is 2.09. The molecule has 0 saturated carbocycles. The van der Waals surface area contributed by atoms with Crippen LogP contribution in [0.3, 0.4) is 0 Å². The molecule has 0 fully saturated rings. The zero-order valence-electron chi connectivity index (χ0n) is 9.68. The molecule has 0 aliphatic rings. The second-order valence-electron chi connectivity index (χ2n) is 4.08. The Labute approximate surface area is 110 Å². The lowest BCUT2D eigenvalue weighted by atomic mass is 10.1. The normalized spacial score (nSPS) is 11.0. The highest BCUT2D eigenvalue weighted by atomic mass is 35.5. The van der Waals surface area contributed by atoms with Gasteiger partial charge in [0.05, 0.1) is 16.7 Å². The molecule has 0 atom stereocenters. The van der Waals surface area contributed by atoms with E-state index in [4.69, 9.17) is 17.3 Å². The van der Waals surface area contributed by atoms with Crippen LogP contribution in [-0.2, 0) is 6.54 Å². The molecular weight excluding hydrogens is 246 g/mol. The number of halogens is 1. The van der Waals surface area contributed by atoms with Crippen LogP contribution in [-0.4, -0.2) is 9.55 Å². The summed E-state index contributed by atoms with van der Waals surface area (Å²) in [4.78, 5) is 4.38. The Balaban J connectivity index is 2.29. The van der Waals surface area contributed by atoms with Crippen LogP contribution in [0.5, 0.6) is 0 Å². The van der Waals surface area contributed by atoms with Gasteiger partial charge < -0.3 is 5.73 Å². The summed E-state index contributed by atoms with van der Waals surface area (Å²) in [6.07, 6.45) is 1.80. The summed E-state index contributed by atoms with van der Waals surface area (Å²) in [7, 11) is 0. The molecule has 2 aromatic carbocycles. The first-order valence-corrected chi connectivity index (χ1v) is 6.08. The third-order valence-corrected chi connectivity index (χ3v) is 3.22. The minimum atomic E-state index is 0.471. The van der Waals surface area contributed by atoms with Gasteiger partial charge in [-0.1, -0.05) is 29.8 Å². The topological polar surface area (TPSA) is 43.8 Å². The Morgan fingerprint density at radius 1 is 1.17 bits per heavy atom. The van der Waals surface area contributed by atoms with Crippen LogP contribution in [0, 0.1) is 0 Å². The maximum absolute atomic E-state index is 6.07. The van der Waals surface area contributed by atoms with Gasteiger partial charge in [0, 0.05) is 11.6 Å². The maximum Gasteiger partial charge on any atom is 0.100 e. The minimum Gasteiger partial charge on any atom is -0.326 e. The highest BCUT2D eigenvalue weighted by Crippen LogP contribution is 2.23. The van der Waals surface area contributed by atoms with Gasteiger partial charge in [0.25, 0.3) is 0 Å². The van der Waals surface area contributed by atoms with Crippen molar-refractivity contribution in [3.63, 3.8) is 0 Å². The molecule has 90 valence electrons. The molecule has 0 bridgehead atoms. The summed E-state index contributed by atoms with van der Waals surface area (Å²) in [6, 6.07) is 13.7. The summed E-state index contributed by atoms with van der Waals surface area (Å²) in [6.45, 7) is 0.471. The van der Waals surface area contributed by atoms with Crippen LogP contribution in [0.4, 0.5) is 0 Å². The molecule has 3 nitrogen and oxygen atoms in total. The van der Waals surface area contributed by atoms with Crippen molar-refractivity contribution in [2.45, 2.75) is 6.54 Å². The van der Waals surface area contributed by atoms with Crippen LogP contribution < -0.4 is 5.73 Å². The number of hydrogen-bond acceptors (Lipinski definition) is 2. The van der Waals surface area contributed by atoms with E-state index >= 15 is 0 Å². The molecule has 1 heterocycles. The molecule has 18 heavy (non-hydrogen) atoms. The van der Waals surface area contributed by atoms with Crippen LogP contribution >= 0.6 is 11.6 Å². The average molecular weight is 258 g/mol. The molecule has 0 amide bonds. The Hall–Kier alpha value is -1.84. The number of hydrogen-bond donors (Lipinski definition) is 1. The third kappa shape index (κ3) is 1.78. The van der Waals surface area contributed by atoms with Crippen molar-refractivity contribution in [2.24, 2.45) is 5.73 Å². The molecule has 1 aromatic heterocycles. The van der Waals surface area contributed by atoms with Gasteiger partial charge in [-0.3, -0.25) is 4.57 Å². The fourth-order valence-corrected chi connectivity index (χ4v) is 2.25. The number of imidazole rings is 1. The lowest BCUT2D eigenvalue weighted by Gasteiger charge is -2.10. The number of rotatable bonds is 2. The van der Waals surface area contributed by atoms with Crippen LogP contribution in [0.15, 0.2) is 48.8 Å². The Kier molecular flexibility index (Phi) is 2.78. The summed E-state index contributed by atoms with van der Waals surface area (Å²) < 4.78 is 2.02. The number of para-hydroxylation sites is 2. The van der Waals surface area contributed by atoms with E-state index < -0.39 is 0 Å². The summed E-state index contributed by atoms with van der Waals surface area (Å²) in [5.74, 6) is 0. The molecular formula is C14H12ClN3. The van der Waals surface area contributed by atoms with Gasteiger partial charge in [-0.25, -0.2) is 4.98 Å². The predicted octanol–water partition coefficient (Wildman–Crippen LogP) is 3.14. The van der Waals surface area contributed by atoms with Crippen molar-refractivity contribution in [2.75, 3.05) is 0 Å². The van der Waals surface area contributed by atoms with Gasteiger partial charge in [0.1, 0.15) is 6.33 Å². The Bertz CT molecular complexity index is 703. The fraction of sp³-hybridized carbons (Fsp3) is 0.0714. The van der Waals surface area contributed by atoms with E-state index in [1.54, 1.807) is 6.33 Å². The van der Waals surface area contributed by atoms with E-state index in [0.29, 0.717) is 11.6 Å². The maximum atomic E-state index is 6.07. The van der Waals surface area contributed by atoms with Crippen molar-refractivity contribution in [1.82, 2.24) is 9.55 Å². The van der Waals surface area contributed by atoms with E-state index in [9.17, 15) is 0 Å². The molecule has 0 aliphatic carbocycles. The van der Waals surface area contributed by atoms with Crippen molar-refractivity contribution >= 4 is 22.6 Å². The first-order valence-electron chi connectivity index (χ1n) is 5.70. The second kappa shape index (κ2) is 4.44. The SMILES string of the molecule is NCc1ccc(Cl)cc1-n1cnc2ccccc21. The van der Waals surface area contributed by atoms with Crippen molar-refractivity contribution < 1.29 is 0 Å². The van der Waals surface area contributed by atoms with Crippen LogP contribution in [0.25, 0.3) is 16.7 Å². The van der Waals surface area contributed by atoms with Crippen molar-refractivity contribution in [3.8, 4) is 5.69 Å². The zero-order valence-corrected chi connectivity index (χ0v) is 10.4. The summed E-state index contributed by atoms with van der Waals surface area (Å²) in [5, 5.41) is 0.694. The molecule has 0 aliphatic heterocycles. The van der Waals surface area contributed by atoms with Gasteiger partial charge in [0.2, 0.25) is 0 Å². The monoisotopic (exact) mass is 257 g/mol. The highest BCUT2D eigenvalue weighted by Gasteiger charge is 2.08. The second-order valence-corrected chi connectivity index (χ2v) is 4.52. The lowest BCUT2D eigenvalue weighted by molar-refractivity contribution is 1.00. The van der Waals surface area contributed by atoms with Crippen LogP contribution in [0.1, 0.15) is 5.56 Å². The molecule has 4 heteroatoms.